The van der Waals surface area contributed by atoms with Gasteiger partial charge >= 0.3 is 5.97 Å². The van der Waals surface area contributed by atoms with Crippen molar-refractivity contribution in [1.29, 1.82) is 0 Å². The average molecular weight is 502 g/mol. The molecule has 1 saturated heterocycles. The Hall–Kier alpha value is -1.83. The number of carbonyl (C=O) groups is 2. The molecular weight excluding hydrogens is 466 g/mol. The number of anilines is 1. The first-order valence-corrected chi connectivity index (χ1v) is 14.0. The van der Waals surface area contributed by atoms with E-state index in [1.807, 2.05) is 43.7 Å². The van der Waals surface area contributed by atoms with E-state index in [4.69, 9.17) is 10.5 Å². The predicted molar refractivity (Wildman–Crippen MR) is 138 cm³/mol. The summed E-state index contributed by atoms with van der Waals surface area (Å²) in [4.78, 5) is 27.7. The van der Waals surface area contributed by atoms with E-state index in [1.165, 1.54) is 30.2 Å². The lowest BCUT2D eigenvalue weighted by molar-refractivity contribution is -0.176. The number of ether oxygens (including phenoxy) is 1. The SMILES string of the molecule is Cc1cc(SC2C(=O)CC(CCc3cscc3CO)(C(C)C)OC2=O)c(C2CCCC2)cc1N. The van der Waals surface area contributed by atoms with Gasteiger partial charge in [0.25, 0.3) is 0 Å². The molecule has 1 aliphatic heterocycles. The highest BCUT2D eigenvalue weighted by molar-refractivity contribution is 8.01. The molecule has 1 aliphatic carbocycles. The molecular formula is C27H35NO4S2. The topological polar surface area (TPSA) is 89.6 Å². The largest absolute Gasteiger partial charge is 0.457 e. The lowest BCUT2D eigenvalue weighted by Crippen LogP contribution is -2.52. The first-order valence-electron chi connectivity index (χ1n) is 12.2. The highest BCUT2D eigenvalue weighted by atomic mass is 32.2. The molecule has 0 amide bonds. The van der Waals surface area contributed by atoms with Gasteiger partial charge in [-0.05, 0) is 89.6 Å². The van der Waals surface area contributed by atoms with Crippen LogP contribution in [0.15, 0.2) is 27.8 Å². The minimum absolute atomic E-state index is 0.00468. The summed E-state index contributed by atoms with van der Waals surface area (Å²) in [5.41, 5.74) is 10.3. The molecule has 2 aliphatic rings. The summed E-state index contributed by atoms with van der Waals surface area (Å²) in [6.45, 7) is 5.98. The van der Waals surface area contributed by atoms with Crippen LogP contribution in [0.1, 0.15) is 80.5 Å². The molecule has 184 valence electrons. The van der Waals surface area contributed by atoms with E-state index in [9.17, 15) is 14.7 Å². The number of thioether (sulfide) groups is 1. The zero-order valence-electron chi connectivity index (χ0n) is 20.3. The number of aliphatic hydroxyl groups is 1. The van der Waals surface area contributed by atoms with Crippen LogP contribution >= 0.6 is 23.1 Å². The lowest BCUT2D eigenvalue weighted by Gasteiger charge is -2.41. The molecule has 4 rings (SSSR count). The van der Waals surface area contributed by atoms with Crippen LogP contribution in [0.25, 0.3) is 0 Å². The third-order valence-corrected chi connectivity index (χ3v) is 9.73. The number of benzene rings is 1. The van der Waals surface area contributed by atoms with Crippen LogP contribution in [-0.2, 0) is 27.4 Å². The zero-order valence-corrected chi connectivity index (χ0v) is 21.9. The van der Waals surface area contributed by atoms with Gasteiger partial charge in [-0.2, -0.15) is 11.3 Å². The number of hydrogen-bond donors (Lipinski definition) is 2. The zero-order chi connectivity index (χ0) is 24.5. The van der Waals surface area contributed by atoms with Gasteiger partial charge < -0.3 is 15.6 Å². The molecule has 7 heteroatoms. The molecule has 1 aromatic heterocycles. The molecule has 1 saturated carbocycles. The van der Waals surface area contributed by atoms with E-state index in [0.29, 0.717) is 18.8 Å². The monoisotopic (exact) mass is 501 g/mol. The van der Waals surface area contributed by atoms with Crippen molar-refractivity contribution in [1.82, 2.24) is 0 Å². The number of carbonyl (C=O) groups excluding carboxylic acids is 2. The summed E-state index contributed by atoms with van der Waals surface area (Å²) in [6.07, 6.45) is 6.09. The van der Waals surface area contributed by atoms with Gasteiger partial charge in [-0.3, -0.25) is 9.59 Å². The second kappa shape index (κ2) is 10.4. The van der Waals surface area contributed by atoms with Crippen LogP contribution in [0.5, 0.6) is 0 Å². The number of nitrogen functional groups attached to an aromatic ring is 1. The summed E-state index contributed by atoms with van der Waals surface area (Å²) >= 11 is 2.89. The Morgan fingerprint density at radius 2 is 1.91 bits per heavy atom. The number of nitrogens with two attached hydrogens (primary N) is 1. The quantitative estimate of drug-likeness (QED) is 0.270. The van der Waals surface area contributed by atoms with Crippen molar-refractivity contribution in [2.45, 2.75) is 94.0 Å². The molecule has 0 radical (unpaired) electrons. The first-order chi connectivity index (χ1) is 16.2. The van der Waals surface area contributed by atoms with Crippen LogP contribution in [0.2, 0.25) is 0 Å². The van der Waals surface area contributed by atoms with Crippen LogP contribution in [0.3, 0.4) is 0 Å². The van der Waals surface area contributed by atoms with Gasteiger partial charge in [0.05, 0.1) is 6.61 Å². The minimum atomic E-state index is -0.843. The molecule has 34 heavy (non-hydrogen) atoms. The van der Waals surface area contributed by atoms with Crippen LogP contribution in [-0.4, -0.2) is 27.7 Å². The van der Waals surface area contributed by atoms with Gasteiger partial charge in [0.1, 0.15) is 5.60 Å². The second-order valence-corrected chi connectivity index (χ2v) is 12.0. The Kier molecular flexibility index (Phi) is 7.75. The van der Waals surface area contributed by atoms with Gasteiger partial charge in [0.2, 0.25) is 0 Å². The molecule has 2 unspecified atom stereocenters. The Bertz CT molecular complexity index is 1040. The highest BCUT2D eigenvalue weighted by Gasteiger charge is 2.49. The van der Waals surface area contributed by atoms with Crippen molar-refractivity contribution >= 4 is 40.5 Å². The Morgan fingerprint density at radius 1 is 1.21 bits per heavy atom. The normalized spacial score (nSPS) is 23.6. The maximum Gasteiger partial charge on any atom is 0.327 e. The van der Waals surface area contributed by atoms with Gasteiger partial charge in [-0.1, -0.05) is 26.7 Å². The summed E-state index contributed by atoms with van der Waals surface area (Å²) in [5, 5.41) is 12.7. The van der Waals surface area contributed by atoms with Gasteiger partial charge in [0.15, 0.2) is 11.0 Å². The maximum atomic E-state index is 13.4. The van der Waals surface area contributed by atoms with Crippen LogP contribution in [0, 0.1) is 12.8 Å². The third kappa shape index (κ3) is 5.07. The summed E-state index contributed by atoms with van der Waals surface area (Å²) in [7, 11) is 0. The summed E-state index contributed by atoms with van der Waals surface area (Å²) in [6, 6.07) is 4.08. The molecule has 1 aromatic carbocycles. The summed E-state index contributed by atoms with van der Waals surface area (Å²) in [5.74, 6) is -0.0550. The number of hydrogen-bond acceptors (Lipinski definition) is 7. The highest BCUT2D eigenvalue weighted by Crippen LogP contribution is 2.45. The van der Waals surface area contributed by atoms with E-state index in [1.54, 1.807) is 11.3 Å². The van der Waals surface area contributed by atoms with Gasteiger partial charge in [-0.15, -0.1) is 11.8 Å². The van der Waals surface area contributed by atoms with Crippen molar-refractivity contribution < 1.29 is 19.4 Å². The number of ketones is 1. The van der Waals surface area contributed by atoms with Crippen LogP contribution < -0.4 is 5.73 Å². The number of esters is 1. The van der Waals surface area contributed by atoms with Gasteiger partial charge in [-0.25, -0.2) is 0 Å². The molecule has 5 nitrogen and oxygen atoms in total. The van der Waals surface area contributed by atoms with Gasteiger partial charge in [0, 0.05) is 17.0 Å². The first kappa shape index (κ1) is 25.3. The minimum Gasteiger partial charge on any atom is -0.457 e. The molecule has 2 heterocycles. The Labute approximate surface area is 210 Å². The van der Waals surface area contributed by atoms with Crippen molar-refractivity contribution in [2.75, 3.05) is 5.73 Å². The molecule has 3 N–H and O–H groups in total. The molecule has 0 spiro atoms. The summed E-state index contributed by atoms with van der Waals surface area (Å²) < 4.78 is 6.12. The van der Waals surface area contributed by atoms with Crippen molar-refractivity contribution in [2.24, 2.45) is 5.92 Å². The third-order valence-electron chi connectivity index (χ3n) is 7.60. The van der Waals surface area contributed by atoms with E-state index < -0.39 is 16.8 Å². The standard InChI is InChI=1S/C27H35NO4S2/c1-16(2)27(9-8-19-14-33-15-20(19)13-29)12-23(30)25(26(31)32-27)34-24-10-17(3)22(28)11-21(24)18-6-4-5-7-18/h10-11,14-16,18,25,29H,4-9,12-13,28H2,1-3H3. The van der Waals surface area contributed by atoms with E-state index in [0.717, 1.165) is 40.1 Å². The Balaban J connectivity index is 1.54. The second-order valence-electron chi connectivity index (χ2n) is 10.1. The van der Waals surface area contributed by atoms with Crippen molar-refractivity contribution in [3.8, 4) is 0 Å². The Morgan fingerprint density at radius 3 is 2.56 bits per heavy atom. The number of Topliss-reactive ketones (excluding diaryl/α,β-unsaturated/α-hetero) is 1. The average Bonchev–Trinajstić information content (AvgIpc) is 3.48. The van der Waals surface area contributed by atoms with Crippen molar-refractivity contribution in [3.05, 3.63) is 45.1 Å². The number of thiophene rings is 1. The van der Waals surface area contributed by atoms with E-state index in [-0.39, 0.29) is 24.7 Å². The fourth-order valence-electron chi connectivity index (χ4n) is 5.23. The van der Waals surface area contributed by atoms with E-state index >= 15 is 0 Å². The van der Waals surface area contributed by atoms with Crippen LogP contribution in [0.4, 0.5) is 5.69 Å². The smallest absolute Gasteiger partial charge is 0.327 e. The maximum absolute atomic E-state index is 13.4. The number of cyclic esters (lactones) is 1. The molecule has 2 fully saturated rings. The molecule has 2 aromatic rings. The lowest BCUT2D eigenvalue weighted by atomic mass is 9.78. The number of aliphatic hydroxyl groups excluding tert-OH is 1. The number of aryl methyl sites for hydroxylation is 2. The molecule has 0 bridgehead atoms. The molecule has 2 atom stereocenters. The fraction of sp³-hybridized carbons (Fsp3) is 0.556. The number of rotatable bonds is 8. The van der Waals surface area contributed by atoms with Crippen molar-refractivity contribution in [3.63, 3.8) is 0 Å². The fourth-order valence-corrected chi connectivity index (χ4v) is 7.34. The van der Waals surface area contributed by atoms with E-state index in [2.05, 4.69) is 0 Å². The predicted octanol–water partition coefficient (Wildman–Crippen LogP) is 5.79.